The van der Waals surface area contributed by atoms with Gasteiger partial charge in [0.2, 0.25) is 5.75 Å². The number of carbonyl (C=O) groups excluding carboxylic acids is 1. The summed E-state index contributed by atoms with van der Waals surface area (Å²) in [6, 6.07) is 9.91. The number of methoxy groups -OCH3 is 1. The molecule has 0 unspecified atom stereocenters. The minimum Gasteiger partial charge on any atom is -0.474 e. The summed E-state index contributed by atoms with van der Waals surface area (Å²) < 4.78 is 11.7. The summed E-state index contributed by atoms with van der Waals surface area (Å²) in [7, 11) is 1.19. The highest BCUT2D eigenvalue weighted by molar-refractivity contribution is 9.10. The monoisotopic (exact) mass is 542 g/mol. The summed E-state index contributed by atoms with van der Waals surface area (Å²) in [5.74, 6) is -0.218. The van der Waals surface area contributed by atoms with Gasteiger partial charge in [-0.3, -0.25) is 14.9 Å². The number of fused-ring (bicyclic) bond motifs is 1. The Morgan fingerprint density at radius 3 is 2.74 bits per heavy atom. The first-order valence-corrected chi connectivity index (χ1v) is 11.9. The largest absolute Gasteiger partial charge is 0.474 e. The number of para-hydroxylation sites is 1. The van der Waals surface area contributed by atoms with Crippen molar-refractivity contribution in [2.75, 3.05) is 13.7 Å². The number of rotatable bonds is 7. The van der Waals surface area contributed by atoms with E-state index in [4.69, 9.17) is 9.72 Å². The topological polar surface area (TPSA) is 126 Å². The molecule has 1 saturated carbocycles. The molecule has 0 bridgehead atoms. The lowest BCUT2D eigenvalue weighted by atomic mass is 9.88. The standard InChI is InChI=1S/C24H23BrN4O6/c1-34-21(30)14-35-22-16(11-17(25)12-20(22)29(32)33)13-26-28-23(15-7-3-2-4-8-15)27-19-10-6-5-9-18(19)24(28)31/h5-6,9-13,15H,2-4,7-8,14H2,1H3. The van der Waals surface area contributed by atoms with Crippen LogP contribution in [0, 0.1) is 10.1 Å². The molecule has 0 atom stereocenters. The van der Waals surface area contributed by atoms with E-state index in [0.717, 1.165) is 32.1 Å². The van der Waals surface area contributed by atoms with Gasteiger partial charge >= 0.3 is 11.7 Å². The number of hydrogen-bond donors (Lipinski definition) is 0. The molecule has 0 radical (unpaired) electrons. The molecule has 182 valence electrons. The highest BCUT2D eigenvalue weighted by Crippen LogP contribution is 2.35. The molecule has 3 aromatic rings. The van der Waals surface area contributed by atoms with Crippen molar-refractivity contribution in [1.29, 1.82) is 0 Å². The highest BCUT2D eigenvalue weighted by Gasteiger charge is 2.24. The number of carbonyl (C=O) groups is 1. The van der Waals surface area contributed by atoms with E-state index in [1.165, 1.54) is 24.1 Å². The summed E-state index contributed by atoms with van der Waals surface area (Å²) in [6.45, 7) is -0.523. The van der Waals surface area contributed by atoms with Crippen LogP contribution in [0.25, 0.3) is 10.9 Å². The van der Waals surface area contributed by atoms with E-state index in [9.17, 15) is 19.7 Å². The Morgan fingerprint density at radius 2 is 2.03 bits per heavy atom. The van der Waals surface area contributed by atoms with Crippen molar-refractivity contribution in [2.24, 2.45) is 5.10 Å². The number of esters is 1. The van der Waals surface area contributed by atoms with Gasteiger partial charge in [0.15, 0.2) is 6.61 Å². The number of hydrogen-bond acceptors (Lipinski definition) is 8. The van der Waals surface area contributed by atoms with Crippen LogP contribution in [-0.4, -0.2) is 40.5 Å². The summed E-state index contributed by atoms with van der Waals surface area (Å²) in [5, 5.41) is 16.5. The zero-order chi connectivity index (χ0) is 24.9. The van der Waals surface area contributed by atoms with Crippen LogP contribution >= 0.6 is 15.9 Å². The second kappa shape index (κ2) is 10.8. The zero-order valence-electron chi connectivity index (χ0n) is 19.0. The molecule has 1 heterocycles. The Kier molecular flexibility index (Phi) is 7.54. The molecule has 1 aliphatic carbocycles. The normalized spacial score (nSPS) is 14.3. The number of aromatic nitrogens is 2. The summed E-state index contributed by atoms with van der Waals surface area (Å²) in [4.78, 5) is 40.8. The molecule has 35 heavy (non-hydrogen) atoms. The van der Waals surface area contributed by atoms with E-state index in [1.54, 1.807) is 24.3 Å². The van der Waals surface area contributed by atoms with E-state index in [2.05, 4.69) is 25.8 Å². The Balaban J connectivity index is 1.84. The third-order valence-corrected chi connectivity index (χ3v) is 6.34. The second-order valence-electron chi connectivity index (χ2n) is 8.15. The third-order valence-electron chi connectivity index (χ3n) is 5.88. The van der Waals surface area contributed by atoms with Crippen molar-refractivity contribution in [3.8, 4) is 5.75 Å². The molecule has 11 heteroatoms. The minimum atomic E-state index is -0.695. The van der Waals surface area contributed by atoms with Crippen LogP contribution in [0.1, 0.15) is 49.4 Å². The molecule has 1 aliphatic rings. The van der Waals surface area contributed by atoms with Crippen molar-refractivity contribution in [1.82, 2.24) is 9.66 Å². The predicted molar refractivity (Wildman–Crippen MR) is 133 cm³/mol. The molecular formula is C24H23BrN4O6. The Hall–Kier alpha value is -3.60. The molecule has 0 spiro atoms. The van der Waals surface area contributed by atoms with Crippen LogP contribution in [0.2, 0.25) is 0 Å². The first-order valence-electron chi connectivity index (χ1n) is 11.1. The maximum atomic E-state index is 13.4. The van der Waals surface area contributed by atoms with E-state index in [1.807, 2.05) is 6.07 Å². The molecule has 10 nitrogen and oxygen atoms in total. The van der Waals surface area contributed by atoms with Gasteiger partial charge in [-0.15, -0.1) is 0 Å². The highest BCUT2D eigenvalue weighted by atomic mass is 79.9. The lowest BCUT2D eigenvalue weighted by molar-refractivity contribution is -0.385. The minimum absolute atomic E-state index is 0.0742. The molecular weight excluding hydrogens is 520 g/mol. The van der Waals surface area contributed by atoms with Crippen LogP contribution < -0.4 is 10.3 Å². The smallest absolute Gasteiger partial charge is 0.343 e. The van der Waals surface area contributed by atoms with Crippen LogP contribution in [-0.2, 0) is 9.53 Å². The zero-order valence-corrected chi connectivity index (χ0v) is 20.6. The fourth-order valence-corrected chi connectivity index (χ4v) is 4.64. The van der Waals surface area contributed by atoms with E-state index < -0.39 is 17.5 Å². The van der Waals surface area contributed by atoms with Crippen molar-refractivity contribution >= 4 is 44.7 Å². The lowest BCUT2D eigenvalue weighted by Gasteiger charge is -2.22. The third kappa shape index (κ3) is 5.40. The average Bonchev–Trinajstić information content (AvgIpc) is 2.87. The van der Waals surface area contributed by atoms with Gasteiger partial charge in [-0.2, -0.15) is 9.78 Å². The number of nitro groups is 1. The fourth-order valence-electron chi connectivity index (χ4n) is 4.18. The number of halogens is 1. The molecule has 4 rings (SSSR count). The van der Waals surface area contributed by atoms with E-state index in [-0.39, 0.29) is 28.5 Å². The summed E-state index contributed by atoms with van der Waals surface area (Å²) in [5.41, 5.74) is 0.129. The maximum Gasteiger partial charge on any atom is 0.343 e. The first kappa shape index (κ1) is 24.5. The van der Waals surface area contributed by atoms with Gasteiger partial charge in [0.1, 0.15) is 5.82 Å². The Labute approximate surface area is 208 Å². The Morgan fingerprint density at radius 1 is 1.29 bits per heavy atom. The van der Waals surface area contributed by atoms with Gasteiger partial charge in [0, 0.05) is 22.0 Å². The Bertz CT molecular complexity index is 1360. The van der Waals surface area contributed by atoms with Crippen molar-refractivity contribution < 1.29 is 19.2 Å². The van der Waals surface area contributed by atoms with Gasteiger partial charge in [-0.1, -0.05) is 47.3 Å². The predicted octanol–water partition coefficient (Wildman–Crippen LogP) is 4.55. The maximum absolute atomic E-state index is 13.4. The molecule has 0 aliphatic heterocycles. The number of ether oxygens (including phenoxy) is 2. The van der Waals surface area contributed by atoms with Gasteiger partial charge in [-0.05, 0) is 31.0 Å². The van der Waals surface area contributed by atoms with Gasteiger partial charge in [0.25, 0.3) is 5.56 Å². The number of benzene rings is 2. The summed E-state index contributed by atoms with van der Waals surface area (Å²) >= 11 is 3.27. The summed E-state index contributed by atoms with van der Waals surface area (Å²) in [6.07, 6.45) is 6.34. The molecule has 0 N–H and O–H groups in total. The van der Waals surface area contributed by atoms with Crippen LogP contribution in [0.4, 0.5) is 5.69 Å². The fraction of sp³-hybridized carbons (Fsp3) is 0.333. The lowest BCUT2D eigenvalue weighted by Crippen LogP contribution is -2.25. The van der Waals surface area contributed by atoms with Crippen molar-refractivity contribution in [3.63, 3.8) is 0 Å². The SMILES string of the molecule is COC(=O)COc1c(C=Nn2c(C3CCCCC3)nc3ccccc3c2=O)cc(Br)cc1[N+](=O)[O-]. The molecule has 0 amide bonds. The van der Waals surface area contributed by atoms with Crippen molar-refractivity contribution in [2.45, 2.75) is 38.0 Å². The van der Waals surface area contributed by atoms with E-state index >= 15 is 0 Å². The van der Waals surface area contributed by atoms with Gasteiger partial charge in [-0.25, -0.2) is 9.78 Å². The van der Waals surface area contributed by atoms with Crippen LogP contribution in [0.15, 0.2) is 50.8 Å². The van der Waals surface area contributed by atoms with E-state index in [0.29, 0.717) is 21.2 Å². The first-order chi connectivity index (χ1) is 16.9. The van der Waals surface area contributed by atoms with Gasteiger partial charge in [0.05, 0.1) is 29.2 Å². The van der Waals surface area contributed by atoms with Crippen LogP contribution in [0.3, 0.4) is 0 Å². The van der Waals surface area contributed by atoms with Gasteiger partial charge < -0.3 is 9.47 Å². The van der Waals surface area contributed by atoms with Crippen molar-refractivity contribution in [3.05, 3.63) is 72.7 Å². The molecule has 1 fully saturated rings. The quantitative estimate of drug-likeness (QED) is 0.185. The average molecular weight is 543 g/mol. The molecule has 1 aromatic heterocycles. The molecule has 2 aromatic carbocycles. The van der Waals surface area contributed by atoms with Crippen LogP contribution in [0.5, 0.6) is 5.75 Å². The number of nitro benzene ring substituents is 1. The second-order valence-corrected chi connectivity index (χ2v) is 9.06. The molecule has 0 saturated heterocycles. The number of nitrogens with zero attached hydrogens (tertiary/aromatic N) is 4.